The minimum Gasteiger partial charge on any atom is -0.494 e. The largest absolute Gasteiger partial charge is 0.494 e. The van der Waals surface area contributed by atoms with Crippen molar-refractivity contribution in [3.63, 3.8) is 0 Å². The number of methoxy groups -OCH3 is 1. The fourth-order valence-corrected chi connectivity index (χ4v) is 1.46. The van der Waals surface area contributed by atoms with Gasteiger partial charge in [0.1, 0.15) is 6.61 Å². The number of nitrogens with one attached hydrogen (secondary N) is 1. The van der Waals surface area contributed by atoms with Crippen LogP contribution in [0, 0.1) is 5.82 Å². The smallest absolute Gasteiger partial charge is 0.407 e. The number of hydrogen-bond acceptors (Lipinski definition) is 3. The van der Waals surface area contributed by atoms with Gasteiger partial charge in [0.05, 0.1) is 13.2 Å². The quantitative estimate of drug-likeness (QED) is 0.808. The number of cyclic esters (lactones) is 1. The second-order valence-corrected chi connectivity index (χ2v) is 3.19. The van der Waals surface area contributed by atoms with Gasteiger partial charge in [0.25, 0.3) is 0 Å². The lowest BCUT2D eigenvalue weighted by Crippen LogP contribution is -2.18. The number of alkyl carbamates (subject to hydrolysis) is 1. The molecule has 1 saturated heterocycles. The van der Waals surface area contributed by atoms with Crippen LogP contribution in [-0.4, -0.2) is 19.8 Å². The van der Waals surface area contributed by atoms with Crippen molar-refractivity contribution < 1.29 is 18.7 Å². The molecule has 0 unspecified atom stereocenters. The van der Waals surface area contributed by atoms with Crippen LogP contribution in [0.5, 0.6) is 5.75 Å². The highest BCUT2D eigenvalue weighted by Gasteiger charge is 2.24. The van der Waals surface area contributed by atoms with Crippen LogP contribution in [0.3, 0.4) is 0 Å². The molecule has 1 atom stereocenters. The zero-order valence-electron chi connectivity index (χ0n) is 8.12. The molecule has 1 fully saturated rings. The Labute approximate surface area is 86.0 Å². The number of rotatable bonds is 2. The average Bonchev–Trinajstić information content (AvgIpc) is 2.65. The van der Waals surface area contributed by atoms with E-state index in [4.69, 9.17) is 9.47 Å². The van der Waals surface area contributed by atoms with Crippen molar-refractivity contribution in [2.45, 2.75) is 6.04 Å². The molecule has 15 heavy (non-hydrogen) atoms. The third-order valence-corrected chi connectivity index (χ3v) is 2.25. The van der Waals surface area contributed by atoms with Gasteiger partial charge >= 0.3 is 6.09 Å². The summed E-state index contributed by atoms with van der Waals surface area (Å²) in [4.78, 5) is 10.8. The summed E-state index contributed by atoms with van der Waals surface area (Å²) >= 11 is 0. The molecule has 1 amide bonds. The van der Waals surface area contributed by atoms with Crippen LogP contribution in [0.4, 0.5) is 9.18 Å². The lowest BCUT2D eigenvalue weighted by Gasteiger charge is -2.09. The molecule has 0 saturated carbocycles. The van der Waals surface area contributed by atoms with Gasteiger partial charge in [-0.3, -0.25) is 0 Å². The number of carbonyl (C=O) groups excluding carboxylic acids is 1. The van der Waals surface area contributed by atoms with E-state index in [2.05, 4.69) is 5.32 Å². The molecule has 1 aliphatic rings. The van der Waals surface area contributed by atoms with Crippen molar-refractivity contribution in [2.24, 2.45) is 0 Å². The molecule has 5 heteroatoms. The fourth-order valence-electron chi connectivity index (χ4n) is 1.46. The van der Waals surface area contributed by atoms with Crippen LogP contribution in [0.25, 0.3) is 0 Å². The van der Waals surface area contributed by atoms with E-state index < -0.39 is 11.9 Å². The summed E-state index contributed by atoms with van der Waals surface area (Å²) in [5.41, 5.74) is 0.666. The first-order valence-corrected chi connectivity index (χ1v) is 4.47. The Morgan fingerprint density at radius 2 is 2.40 bits per heavy atom. The zero-order valence-corrected chi connectivity index (χ0v) is 8.12. The van der Waals surface area contributed by atoms with Crippen molar-refractivity contribution in [1.82, 2.24) is 5.32 Å². The highest BCUT2D eigenvalue weighted by molar-refractivity contribution is 5.70. The molecule has 1 aliphatic heterocycles. The first-order valence-electron chi connectivity index (χ1n) is 4.47. The van der Waals surface area contributed by atoms with E-state index >= 15 is 0 Å². The number of benzene rings is 1. The number of amides is 1. The van der Waals surface area contributed by atoms with Crippen LogP contribution in [0.15, 0.2) is 18.2 Å². The lowest BCUT2D eigenvalue weighted by molar-refractivity contribution is 0.177. The molecule has 1 aromatic carbocycles. The van der Waals surface area contributed by atoms with Gasteiger partial charge in [0.2, 0.25) is 0 Å². The Kier molecular flexibility index (Phi) is 2.45. The van der Waals surface area contributed by atoms with Gasteiger partial charge in [-0.15, -0.1) is 0 Å². The van der Waals surface area contributed by atoms with Crippen LogP contribution in [-0.2, 0) is 4.74 Å². The van der Waals surface area contributed by atoms with E-state index in [-0.39, 0.29) is 18.4 Å². The molecule has 4 nitrogen and oxygen atoms in total. The van der Waals surface area contributed by atoms with Crippen LogP contribution in [0.1, 0.15) is 11.6 Å². The first kappa shape index (κ1) is 9.76. The van der Waals surface area contributed by atoms with Gasteiger partial charge in [0.15, 0.2) is 11.6 Å². The highest BCUT2D eigenvalue weighted by Crippen LogP contribution is 2.23. The van der Waals surface area contributed by atoms with Gasteiger partial charge in [-0.25, -0.2) is 9.18 Å². The molecule has 0 aromatic heterocycles. The molecule has 80 valence electrons. The normalized spacial score (nSPS) is 19.6. The first-order chi connectivity index (χ1) is 7.20. The SMILES string of the molecule is COc1ccc([C@@H]2COC(=O)N2)cc1F. The maximum absolute atomic E-state index is 13.3. The van der Waals surface area contributed by atoms with E-state index in [1.165, 1.54) is 19.2 Å². The van der Waals surface area contributed by atoms with Crippen LogP contribution in [0.2, 0.25) is 0 Å². The number of hydrogen-bond donors (Lipinski definition) is 1. The van der Waals surface area contributed by atoms with E-state index in [9.17, 15) is 9.18 Å². The third-order valence-electron chi connectivity index (χ3n) is 2.25. The number of ether oxygens (including phenoxy) is 2. The Bertz CT molecular complexity index is 394. The van der Waals surface area contributed by atoms with Crippen molar-refractivity contribution in [3.8, 4) is 5.75 Å². The summed E-state index contributed by atoms with van der Waals surface area (Å²) < 4.78 is 22.8. The monoisotopic (exact) mass is 211 g/mol. The molecule has 0 bridgehead atoms. The fraction of sp³-hybridized carbons (Fsp3) is 0.300. The molecule has 1 heterocycles. The summed E-state index contributed by atoms with van der Waals surface area (Å²) in [7, 11) is 1.40. The van der Waals surface area contributed by atoms with Crippen molar-refractivity contribution >= 4 is 6.09 Å². The van der Waals surface area contributed by atoms with Crippen LogP contribution >= 0.6 is 0 Å². The van der Waals surface area contributed by atoms with Gasteiger partial charge in [-0.2, -0.15) is 0 Å². The Morgan fingerprint density at radius 1 is 1.60 bits per heavy atom. The van der Waals surface area contributed by atoms with Gasteiger partial charge in [-0.1, -0.05) is 6.07 Å². The lowest BCUT2D eigenvalue weighted by atomic mass is 10.1. The second-order valence-electron chi connectivity index (χ2n) is 3.19. The van der Waals surface area contributed by atoms with E-state index in [0.29, 0.717) is 5.56 Å². The van der Waals surface area contributed by atoms with Crippen molar-refractivity contribution in [2.75, 3.05) is 13.7 Å². The predicted molar refractivity (Wildman–Crippen MR) is 50.2 cm³/mol. The minimum absolute atomic E-state index is 0.184. The Hall–Kier alpha value is -1.78. The summed E-state index contributed by atoms with van der Waals surface area (Å²) in [6.07, 6.45) is -0.476. The molecular formula is C10H10FNO3. The van der Waals surface area contributed by atoms with E-state index in [1.54, 1.807) is 6.07 Å². The minimum atomic E-state index is -0.476. The molecule has 1 aromatic rings. The van der Waals surface area contributed by atoms with Gasteiger partial charge in [0, 0.05) is 0 Å². The highest BCUT2D eigenvalue weighted by atomic mass is 19.1. The Balaban J connectivity index is 2.22. The molecule has 0 aliphatic carbocycles. The molecule has 2 rings (SSSR count). The molecular weight excluding hydrogens is 201 g/mol. The summed E-state index contributed by atoms with van der Waals surface area (Å²) in [6, 6.07) is 4.27. The summed E-state index contributed by atoms with van der Waals surface area (Å²) in [6.45, 7) is 0.227. The van der Waals surface area contributed by atoms with Gasteiger partial charge in [-0.05, 0) is 17.7 Å². The Morgan fingerprint density at radius 3 is 2.93 bits per heavy atom. The molecule has 1 N–H and O–H groups in total. The average molecular weight is 211 g/mol. The maximum Gasteiger partial charge on any atom is 0.407 e. The third kappa shape index (κ3) is 1.86. The topological polar surface area (TPSA) is 47.6 Å². The molecule has 0 radical (unpaired) electrons. The molecule has 0 spiro atoms. The van der Waals surface area contributed by atoms with Gasteiger partial charge < -0.3 is 14.8 Å². The standard InChI is InChI=1S/C10H10FNO3/c1-14-9-3-2-6(4-7(9)11)8-5-15-10(13)12-8/h2-4,8H,5H2,1H3,(H,12,13)/t8-/m0/s1. The summed E-state index contributed by atoms with van der Waals surface area (Å²) in [5, 5.41) is 2.57. The number of halogens is 1. The van der Waals surface area contributed by atoms with Crippen molar-refractivity contribution in [1.29, 1.82) is 0 Å². The van der Waals surface area contributed by atoms with Crippen molar-refractivity contribution in [3.05, 3.63) is 29.6 Å². The summed E-state index contributed by atoms with van der Waals surface area (Å²) in [5.74, 6) is -0.264. The van der Waals surface area contributed by atoms with E-state index in [1.807, 2.05) is 0 Å². The number of carbonyl (C=O) groups is 1. The van der Waals surface area contributed by atoms with Crippen LogP contribution < -0.4 is 10.1 Å². The zero-order chi connectivity index (χ0) is 10.8. The predicted octanol–water partition coefficient (Wildman–Crippen LogP) is 1.62. The van der Waals surface area contributed by atoms with E-state index in [0.717, 1.165) is 0 Å². The maximum atomic E-state index is 13.3. The second kappa shape index (κ2) is 3.76.